The van der Waals surface area contributed by atoms with Gasteiger partial charge in [0.05, 0.1) is 18.0 Å². The Morgan fingerprint density at radius 1 is 1.29 bits per heavy atom. The van der Waals surface area contributed by atoms with Crippen molar-refractivity contribution in [1.29, 1.82) is 0 Å². The minimum absolute atomic E-state index is 0.0488. The van der Waals surface area contributed by atoms with Crippen molar-refractivity contribution in [2.75, 3.05) is 26.7 Å². The largest absolute Gasteiger partial charge is 0.487 e. The van der Waals surface area contributed by atoms with E-state index in [1.54, 1.807) is 0 Å². The van der Waals surface area contributed by atoms with E-state index < -0.39 is 0 Å². The van der Waals surface area contributed by atoms with Crippen LogP contribution in [-0.4, -0.2) is 53.6 Å². The maximum absolute atomic E-state index is 12.5. The fourth-order valence-corrected chi connectivity index (χ4v) is 4.21. The van der Waals surface area contributed by atoms with Gasteiger partial charge in [-0.05, 0) is 58.0 Å². The highest BCUT2D eigenvalue weighted by Crippen LogP contribution is 2.37. The van der Waals surface area contributed by atoms with Crippen molar-refractivity contribution in [1.82, 2.24) is 20.2 Å². The molecule has 4 rings (SSSR count). The highest BCUT2D eigenvalue weighted by atomic mass is 16.5. The Labute approximate surface area is 166 Å². The lowest BCUT2D eigenvalue weighted by Crippen LogP contribution is -2.44. The Morgan fingerprint density at radius 3 is 2.82 bits per heavy atom. The molecule has 2 aromatic rings. The number of ether oxygens (including phenoxy) is 1. The van der Waals surface area contributed by atoms with Crippen molar-refractivity contribution in [3.8, 4) is 17.1 Å². The van der Waals surface area contributed by atoms with Gasteiger partial charge in [-0.1, -0.05) is 12.1 Å². The molecular formula is C22H28N4O2. The van der Waals surface area contributed by atoms with Crippen LogP contribution in [0.4, 0.5) is 0 Å². The molecule has 6 nitrogen and oxygen atoms in total. The number of benzene rings is 1. The van der Waals surface area contributed by atoms with E-state index in [-0.39, 0.29) is 17.9 Å². The van der Waals surface area contributed by atoms with Crippen LogP contribution in [-0.2, 0) is 11.2 Å². The monoisotopic (exact) mass is 380 g/mol. The fourth-order valence-electron chi connectivity index (χ4n) is 4.21. The summed E-state index contributed by atoms with van der Waals surface area (Å²) >= 11 is 0. The minimum Gasteiger partial charge on any atom is -0.487 e. The summed E-state index contributed by atoms with van der Waals surface area (Å²) in [7, 11) is 2.08. The Morgan fingerprint density at radius 2 is 2.07 bits per heavy atom. The van der Waals surface area contributed by atoms with Gasteiger partial charge in [0.2, 0.25) is 5.91 Å². The van der Waals surface area contributed by atoms with Crippen LogP contribution >= 0.6 is 0 Å². The molecule has 6 heteroatoms. The van der Waals surface area contributed by atoms with E-state index in [1.165, 1.54) is 0 Å². The van der Waals surface area contributed by atoms with E-state index in [0.717, 1.165) is 60.6 Å². The molecule has 0 aliphatic carbocycles. The lowest BCUT2D eigenvalue weighted by molar-refractivity contribution is -0.126. The van der Waals surface area contributed by atoms with Gasteiger partial charge >= 0.3 is 0 Å². The Balaban J connectivity index is 1.43. The second-order valence-corrected chi connectivity index (χ2v) is 8.06. The first-order chi connectivity index (χ1) is 13.5. The third-order valence-electron chi connectivity index (χ3n) is 5.55. The molecule has 0 saturated carbocycles. The minimum atomic E-state index is -0.0488. The number of aryl methyl sites for hydroxylation is 2. The van der Waals surface area contributed by atoms with Crippen molar-refractivity contribution in [3.63, 3.8) is 0 Å². The van der Waals surface area contributed by atoms with E-state index in [2.05, 4.69) is 33.3 Å². The van der Waals surface area contributed by atoms with Gasteiger partial charge < -0.3 is 15.0 Å². The SMILES string of the molecule is Cc1cc(C)nc(-c2cccc3c2O[C@@H](CNC(=O)[C@@H]2CCCN(C)C2)C3)n1. The molecule has 28 heavy (non-hydrogen) atoms. The number of amides is 1. The standard InChI is InChI=1S/C22H28N4O2/c1-14-10-15(2)25-21(24-14)19-8-4-6-16-11-18(28-20(16)19)12-23-22(27)17-7-5-9-26(3)13-17/h4,6,8,10,17-18H,5,7,9,11-13H2,1-3H3,(H,23,27)/t17-,18-/m1/s1. The summed E-state index contributed by atoms with van der Waals surface area (Å²) in [6, 6.07) is 8.08. The van der Waals surface area contributed by atoms with Gasteiger partial charge in [-0.2, -0.15) is 0 Å². The van der Waals surface area contributed by atoms with Crippen LogP contribution in [0.25, 0.3) is 11.4 Å². The predicted molar refractivity (Wildman–Crippen MR) is 108 cm³/mol. The second-order valence-electron chi connectivity index (χ2n) is 8.06. The molecule has 0 spiro atoms. The third kappa shape index (κ3) is 4.02. The van der Waals surface area contributed by atoms with Gasteiger partial charge in [0.1, 0.15) is 11.9 Å². The molecule has 1 fully saturated rings. The van der Waals surface area contributed by atoms with Crippen molar-refractivity contribution in [2.24, 2.45) is 5.92 Å². The number of fused-ring (bicyclic) bond motifs is 1. The number of aromatic nitrogens is 2. The second kappa shape index (κ2) is 7.87. The molecule has 1 saturated heterocycles. The summed E-state index contributed by atoms with van der Waals surface area (Å²) in [5.41, 5.74) is 3.96. The van der Waals surface area contributed by atoms with Crippen molar-refractivity contribution in [3.05, 3.63) is 41.2 Å². The number of nitrogens with one attached hydrogen (secondary N) is 1. The van der Waals surface area contributed by atoms with Crippen LogP contribution in [0.1, 0.15) is 29.8 Å². The highest BCUT2D eigenvalue weighted by molar-refractivity contribution is 5.79. The number of hydrogen-bond acceptors (Lipinski definition) is 5. The maximum Gasteiger partial charge on any atom is 0.224 e. The fraction of sp³-hybridized carbons (Fsp3) is 0.500. The van der Waals surface area contributed by atoms with Gasteiger partial charge in [-0.3, -0.25) is 4.79 Å². The quantitative estimate of drug-likeness (QED) is 0.883. The number of nitrogens with zero attached hydrogens (tertiary/aromatic N) is 3. The van der Waals surface area contributed by atoms with Crippen LogP contribution < -0.4 is 10.1 Å². The first-order valence-electron chi connectivity index (χ1n) is 10.1. The van der Waals surface area contributed by atoms with E-state index in [1.807, 2.05) is 32.0 Å². The summed E-state index contributed by atoms with van der Waals surface area (Å²) in [5, 5.41) is 3.11. The molecule has 0 radical (unpaired) electrons. The van der Waals surface area contributed by atoms with Crippen molar-refractivity contribution < 1.29 is 9.53 Å². The molecule has 1 N–H and O–H groups in total. The number of para-hydroxylation sites is 1. The molecule has 0 unspecified atom stereocenters. The molecule has 1 aromatic heterocycles. The van der Waals surface area contributed by atoms with E-state index in [9.17, 15) is 4.79 Å². The highest BCUT2D eigenvalue weighted by Gasteiger charge is 2.29. The van der Waals surface area contributed by atoms with E-state index in [0.29, 0.717) is 12.4 Å². The number of carbonyl (C=O) groups is 1. The van der Waals surface area contributed by atoms with Gasteiger partial charge in [0.25, 0.3) is 0 Å². The van der Waals surface area contributed by atoms with Gasteiger partial charge in [-0.25, -0.2) is 9.97 Å². The summed E-state index contributed by atoms with van der Waals surface area (Å²) in [4.78, 5) is 23.9. The van der Waals surface area contributed by atoms with E-state index >= 15 is 0 Å². The number of hydrogen-bond donors (Lipinski definition) is 1. The molecule has 148 valence electrons. The van der Waals surface area contributed by atoms with Crippen LogP contribution in [0.3, 0.4) is 0 Å². The van der Waals surface area contributed by atoms with Gasteiger partial charge in [0.15, 0.2) is 5.82 Å². The van der Waals surface area contributed by atoms with Gasteiger partial charge in [-0.15, -0.1) is 0 Å². The lowest BCUT2D eigenvalue weighted by atomic mass is 9.97. The average molecular weight is 380 g/mol. The molecule has 2 atom stereocenters. The smallest absolute Gasteiger partial charge is 0.224 e. The first-order valence-corrected chi connectivity index (χ1v) is 10.1. The zero-order chi connectivity index (χ0) is 19.7. The lowest BCUT2D eigenvalue weighted by Gasteiger charge is -2.29. The van der Waals surface area contributed by atoms with Crippen molar-refractivity contribution in [2.45, 2.75) is 39.2 Å². The summed E-state index contributed by atoms with van der Waals surface area (Å²) < 4.78 is 6.23. The summed E-state index contributed by atoms with van der Waals surface area (Å²) in [6.45, 7) is 6.40. The van der Waals surface area contributed by atoms with Crippen molar-refractivity contribution >= 4 is 5.91 Å². The maximum atomic E-state index is 12.5. The number of carbonyl (C=O) groups excluding carboxylic acids is 1. The summed E-state index contributed by atoms with van der Waals surface area (Å²) in [5.74, 6) is 1.78. The molecule has 2 aliphatic rings. The molecule has 3 heterocycles. The number of likely N-dealkylation sites (tertiary alicyclic amines) is 1. The van der Waals surface area contributed by atoms with E-state index in [4.69, 9.17) is 4.74 Å². The summed E-state index contributed by atoms with van der Waals surface area (Å²) in [6.07, 6.45) is 2.79. The molecule has 0 bridgehead atoms. The molecule has 1 aromatic carbocycles. The van der Waals surface area contributed by atoms with Crippen LogP contribution in [0.2, 0.25) is 0 Å². The Bertz CT molecular complexity index is 863. The average Bonchev–Trinajstić information content (AvgIpc) is 3.08. The molecule has 1 amide bonds. The van der Waals surface area contributed by atoms with Crippen LogP contribution in [0.15, 0.2) is 24.3 Å². The Hall–Kier alpha value is -2.47. The van der Waals surface area contributed by atoms with Gasteiger partial charge in [0, 0.05) is 24.4 Å². The van der Waals surface area contributed by atoms with Crippen LogP contribution in [0, 0.1) is 19.8 Å². The predicted octanol–water partition coefficient (Wildman–Crippen LogP) is 2.52. The zero-order valence-corrected chi connectivity index (χ0v) is 16.9. The number of piperidine rings is 1. The van der Waals surface area contributed by atoms with Crippen LogP contribution in [0.5, 0.6) is 5.75 Å². The normalized spacial score (nSPS) is 21.8. The third-order valence-corrected chi connectivity index (χ3v) is 5.55. The Kier molecular flexibility index (Phi) is 5.31. The number of rotatable bonds is 4. The molecular weight excluding hydrogens is 352 g/mol. The zero-order valence-electron chi connectivity index (χ0n) is 16.9. The first kappa shape index (κ1) is 18.9. The topological polar surface area (TPSA) is 67.3 Å². The molecule has 2 aliphatic heterocycles.